The fourth-order valence-electron chi connectivity index (χ4n) is 1.82. The summed E-state index contributed by atoms with van der Waals surface area (Å²) in [6, 6.07) is 7.55. The second kappa shape index (κ2) is 6.73. The zero-order valence-electron chi connectivity index (χ0n) is 11.1. The Hall–Kier alpha value is -2.10. The molecule has 1 aromatic rings. The van der Waals surface area contributed by atoms with Gasteiger partial charge in [0.2, 0.25) is 0 Å². The molecule has 0 spiro atoms. The largest absolute Gasteiger partial charge is 0.481 e. The first-order chi connectivity index (χ1) is 8.91. The van der Waals surface area contributed by atoms with Crippen LogP contribution in [0.15, 0.2) is 35.4 Å². The van der Waals surface area contributed by atoms with Gasteiger partial charge < -0.3 is 10.2 Å². The van der Waals surface area contributed by atoms with Crippen molar-refractivity contribution in [2.45, 2.75) is 33.1 Å². The zero-order chi connectivity index (χ0) is 14.4. The third kappa shape index (κ3) is 4.58. The maximum Gasteiger partial charge on any atom is 0.331 e. The molecule has 4 nitrogen and oxygen atoms in total. The highest BCUT2D eigenvalue weighted by Crippen LogP contribution is 2.17. The minimum Gasteiger partial charge on any atom is -0.481 e. The average molecular weight is 262 g/mol. The van der Waals surface area contributed by atoms with Gasteiger partial charge in [-0.2, -0.15) is 0 Å². The summed E-state index contributed by atoms with van der Waals surface area (Å²) in [7, 11) is 0. The van der Waals surface area contributed by atoms with Gasteiger partial charge in [0.05, 0.1) is 0 Å². The van der Waals surface area contributed by atoms with Crippen LogP contribution in [0.3, 0.4) is 0 Å². The van der Waals surface area contributed by atoms with Crippen molar-refractivity contribution in [3.8, 4) is 0 Å². The first-order valence-electron chi connectivity index (χ1n) is 6.10. The first-order valence-corrected chi connectivity index (χ1v) is 6.10. The lowest BCUT2D eigenvalue weighted by molar-refractivity contribution is -0.137. The summed E-state index contributed by atoms with van der Waals surface area (Å²) in [5, 5.41) is 17.7. The molecule has 19 heavy (non-hydrogen) atoms. The van der Waals surface area contributed by atoms with E-state index in [0.29, 0.717) is 18.4 Å². The van der Waals surface area contributed by atoms with Crippen LogP contribution in [0.4, 0.5) is 0 Å². The van der Waals surface area contributed by atoms with Gasteiger partial charge in [-0.3, -0.25) is 4.79 Å². The Morgan fingerprint density at radius 3 is 2.16 bits per heavy atom. The Balaban J connectivity index is 2.92. The molecular weight excluding hydrogens is 244 g/mol. The predicted molar refractivity (Wildman–Crippen MR) is 72.1 cm³/mol. The van der Waals surface area contributed by atoms with E-state index in [1.54, 1.807) is 13.8 Å². The molecule has 4 heteroatoms. The molecule has 0 aliphatic carbocycles. The Labute approximate surface area is 112 Å². The smallest absolute Gasteiger partial charge is 0.331 e. The monoisotopic (exact) mass is 262 g/mol. The lowest BCUT2D eigenvalue weighted by atomic mass is 9.95. The third-order valence-electron chi connectivity index (χ3n) is 3.14. The highest BCUT2D eigenvalue weighted by Gasteiger charge is 2.09. The Morgan fingerprint density at radius 1 is 1.05 bits per heavy atom. The van der Waals surface area contributed by atoms with E-state index in [4.69, 9.17) is 10.2 Å². The van der Waals surface area contributed by atoms with Gasteiger partial charge in [-0.05, 0) is 37.8 Å². The fourth-order valence-corrected chi connectivity index (χ4v) is 1.82. The fraction of sp³-hybridized carbons (Fsp3) is 0.333. The second-order valence-electron chi connectivity index (χ2n) is 4.55. The molecule has 0 atom stereocenters. The molecule has 0 radical (unpaired) electrons. The molecule has 0 heterocycles. The SMILES string of the molecule is C/C(Cc1ccccc1CCC(=O)O)=C(/C)C(=O)O. The van der Waals surface area contributed by atoms with Gasteiger partial charge in [0, 0.05) is 12.0 Å². The van der Waals surface area contributed by atoms with E-state index in [0.717, 1.165) is 16.7 Å². The molecule has 0 saturated heterocycles. The topological polar surface area (TPSA) is 74.6 Å². The van der Waals surface area contributed by atoms with Crippen LogP contribution in [0.5, 0.6) is 0 Å². The van der Waals surface area contributed by atoms with Crippen LogP contribution in [0.2, 0.25) is 0 Å². The van der Waals surface area contributed by atoms with Crippen molar-refractivity contribution in [1.29, 1.82) is 0 Å². The summed E-state index contributed by atoms with van der Waals surface area (Å²) in [4.78, 5) is 21.5. The van der Waals surface area contributed by atoms with Crippen molar-refractivity contribution in [2.24, 2.45) is 0 Å². The van der Waals surface area contributed by atoms with Gasteiger partial charge in [0.15, 0.2) is 0 Å². The van der Waals surface area contributed by atoms with Crippen molar-refractivity contribution < 1.29 is 19.8 Å². The van der Waals surface area contributed by atoms with Crippen molar-refractivity contribution in [2.75, 3.05) is 0 Å². The van der Waals surface area contributed by atoms with E-state index >= 15 is 0 Å². The number of carbonyl (C=O) groups is 2. The van der Waals surface area contributed by atoms with E-state index in [-0.39, 0.29) is 6.42 Å². The standard InChI is InChI=1S/C15H18O4/c1-10(11(2)15(18)19)9-13-6-4-3-5-12(13)7-8-14(16)17/h3-6H,7-9H2,1-2H3,(H,16,17)(H,18,19)/b11-10+. The molecule has 1 rings (SSSR count). The number of aryl methyl sites for hydroxylation is 1. The summed E-state index contributed by atoms with van der Waals surface area (Å²) in [5.41, 5.74) is 3.08. The van der Waals surface area contributed by atoms with Crippen molar-refractivity contribution in [1.82, 2.24) is 0 Å². The van der Waals surface area contributed by atoms with Crippen LogP contribution in [-0.2, 0) is 22.4 Å². The number of benzene rings is 1. The maximum atomic E-state index is 10.9. The van der Waals surface area contributed by atoms with Gasteiger partial charge in [-0.15, -0.1) is 0 Å². The minimum absolute atomic E-state index is 0.0810. The van der Waals surface area contributed by atoms with E-state index in [1.165, 1.54) is 0 Å². The molecule has 0 fully saturated rings. The molecule has 1 aromatic carbocycles. The van der Waals surface area contributed by atoms with Crippen LogP contribution in [0, 0.1) is 0 Å². The molecular formula is C15H18O4. The second-order valence-corrected chi connectivity index (χ2v) is 4.55. The van der Waals surface area contributed by atoms with E-state index in [9.17, 15) is 9.59 Å². The lowest BCUT2D eigenvalue weighted by Crippen LogP contribution is -2.04. The minimum atomic E-state index is -0.916. The van der Waals surface area contributed by atoms with Crippen molar-refractivity contribution in [3.05, 3.63) is 46.5 Å². The van der Waals surface area contributed by atoms with Gasteiger partial charge >= 0.3 is 11.9 Å². The summed E-state index contributed by atoms with van der Waals surface area (Å²) in [6.45, 7) is 3.37. The molecule has 0 aliphatic heterocycles. The van der Waals surface area contributed by atoms with Crippen LogP contribution in [0.25, 0.3) is 0 Å². The number of rotatable bonds is 6. The quantitative estimate of drug-likeness (QED) is 0.773. The molecule has 0 aromatic heterocycles. The first kappa shape index (κ1) is 15.0. The van der Waals surface area contributed by atoms with Gasteiger partial charge in [0.1, 0.15) is 0 Å². The molecule has 0 unspecified atom stereocenters. The summed E-state index contributed by atoms with van der Waals surface area (Å²) in [6.07, 6.45) is 1.08. The summed E-state index contributed by atoms with van der Waals surface area (Å²) < 4.78 is 0. The highest BCUT2D eigenvalue weighted by molar-refractivity contribution is 5.86. The lowest BCUT2D eigenvalue weighted by Gasteiger charge is -2.10. The third-order valence-corrected chi connectivity index (χ3v) is 3.14. The normalized spacial score (nSPS) is 11.9. The van der Waals surface area contributed by atoms with Gasteiger partial charge in [-0.1, -0.05) is 29.8 Å². The molecule has 2 N–H and O–H groups in total. The number of allylic oxidation sites excluding steroid dienone is 1. The average Bonchev–Trinajstić information content (AvgIpc) is 2.36. The van der Waals surface area contributed by atoms with Crippen LogP contribution in [0.1, 0.15) is 31.4 Å². The van der Waals surface area contributed by atoms with Gasteiger partial charge in [0.25, 0.3) is 0 Å². The van der Waals surface area contributed by atoms with Crippen LogP contribution >= 0.6 is 0 Å². The Morgan fingerprint density at radius 2 is 1.63 bits per heavy atom. The molecule has 0 bridgehead atoms. The Bertz CT molecular complexity index is 515. The Kier molecular flexibility index (Phi) is 5.30. The molecule has 0 amide bonds. The summed E-state index contributed by atoms with van der Waals surface area (Å²) >= 11 is 0. The number of hydrogen-bond acceptors (Lipinski definition) is 2. The van der Waals surface area contributed by atoms with Crippen molar-refractivity contribution in [3.63, 3.8) is 0 Å². The maximum absolute atomic E-state index is 10.9. The zero-order valence-corrected chi connectivity index (χ0v) is 11.1. The predicted octanol–water partition coefficient (Wildman–Crippen LogP) is 2.67. The van der Waals surface area contributed by atoms with Crippen LogP contribution < -0.4 is 0 Å². The number of aliphatic carboxylic acids is 2. The number of carboxylic acids is 2. The van der Waals surface area contributed by atoms with Crippen molar-refractivity contribution >= 4 is 11.9 Å². The van der Waals surface area contributed by atoms with Crippen LogP contribution in [-0.4, -0.2) is 22.2 Å². The number of hydrogen-bond donors (Lipinski definition) is 2. The highest BCUT2D eigenvalue weighted by atomic mass is 16.4. The molecule has 102 valence electrons. The number of carboxylic acid groups (broad SMARTS) is 2. The van der Waals surface area contributed by atoms with E-state index in [1.807, 2.05) is 24.3 Å². The molecule has 0 saturated carbocycles. The molecule has 0 aliphatic rings. The van der Waals surface area contributed by atoms with E-state index < -0.39 is 11.9 Å². The van der Waals surface area contributed by atoms with Gasteiger partial charge in [-0.25, -0.2) is 4.79 Å². The summed E-state index contributed by atoms with van der Waals surface area (Å²) in [5.74, 6) is -1.75. The van der Waals surface area contributed by atoms with E-state index in [2.05, 4.69) is 0 Å².